The minimum absolute atomic E-state index is 0.0108. The van der Waals surface area contributed by atoms with Crippen molar-refractivity contribution in [3.8, 4) is 0 Å². The average Bonchev–Trinajstić information content (AvgIpc) is 3.51. The van der Waals surface area contributed by atoms with Crippen LogP contribution in [0.1, 0.15) is 33.8 Å². The molecule has 2 aromatic heterocycles. The Morgan fingerprint density at radius 2 is 1.97 bits per heavy atom. The van der Waals surface area contributed by atoms with Crippen molar-refractivity contribution in [3.63, 3.8) is 0 Å². The number of carbonyl (C=O) groups is 1. The van der Waals surface area contributed by atoms with E-state index in [1.165, 1.54) is 24.3 Å². The van der Waals surface area contributed by atoms with Crippen molar-refractivity contribution in [3.05, 3.63) is 70.1 Å². The molecule has 1 aliphatic heterocycles. The van der Waals surface area contributed by atoms with Gasteiger partial charge in [-0.2, -0.15) is 0 Å². The highest BCUT2D eigenvalue weighted by Crippen LogP contribution is 2.25. The van der Waals surface area contributed by atoms with E-state index in [2.05, 4.69) is 0 Å². The Morgan fingerprint density at radius 1 is 1.17 bits per heavy atom. The minimum Gasteiger partial charge on any atom is -0.439 e. The smallest absolute Gasteiger partial charge is 0.290 e. The molecule has 1 fully saturated rings. The fourth-order valence-corrected chi connectivity index (χ4v) is 5.56. The Morgan fingerprint density at radius 3 is 2.63 bits per heavy atom. The van der Waals surface area contributed by atoms with Crippen LogP contribution in [0.5, 0.6) is 0 Å². The van der Waals surface area contributed by atoms with Gasteiger partial charge in [0, 0.05) is 18.0 Å². The second-order valence-corrected chi connectivity index (χ2v) is 10.2. The molecule has 158 valence electrons. The third kappa shape index (κ3) is 4.35. The zero-order chi connectivity index (χ0) is 21.1. The largest absolute Gasteiger partial charge is 0.439 e. The van der Waals surface area contributed by atoms with Crippen LogP contribution in [-0.4, -0.2) is 38.5 Å². The number of sulfone groups is 1. The van der Waals surface area contributed by atoms with Gasteiger partial charge >= 0.3 is 0 Å². The number of rotatable bonds is 7. The Balaban J connectivity index is 1.59. The Hall–Kier alpha value is -2.42. The summed E-state index contributed by atoms with van der Waals surface area (Å²) in [6.45, 7) is 3.59. The average molecular weight is 446 g/mol. The lowest BCUT2D eigenvalue weighted by Gasteiger charge is -2.24. The maximum atomic E-state index is 13.2. The normalized spacial score (nSPS) is 16.6. The van der Waals surface area contributed by atoms with Gasteiger partial charge < -0.3 is 14.1 Å². The van der Waals surface area contributed by atoms with Crippen molar-refractivity contribution in [2.24, 2.45) is 0 Å². The number of aryl methyl sites for hydroxylation is 1. The monoisotopic (exact) mass is 445 g/mol. The predicted molar refractivity (Wildman–Crippen MR) is 113 cm³/mol. The van der Waals surface area contributed by atoms with Crippen molar-refractivity contribution < 1.29 is 22.4 Å². The predicted octanol–water partition coefficient (Wildman–Crippen LogP) is 4.30. The minimum atomic E-state index is -3.82. The number of thiophene rings is 1. The second kappa shape index (κ2) is 8.75. The zero-order valence-corrected chi connectivity index (χ0v) is 18.2. The molecule has 8 heteroatoms. The van der Waals surface area contributed by atoms with E-state index in [0.717, 1.165) is 23.3 Å². The van der Waals surface area contributed by atoms with Gasteiger partial charge in [-0.05, 0) is 61.0 Å². The summed E-state index contributed by atoms with van der Waals surface area (Å²) in [5, 5.41) is 1.76. The Kier molecular flexibility index (Phi) is 6.08. The van der Waals surface area contributed by atoms with Crippen molar-refractivity contribution in [1.29, 1.82) is 0 Å². The molecule has 3 aromatic rings. The van der Waals surface area contributed by atoms with E-state index in [-0.39, 0.29) is 27.8 Å². The fourth-order valence-electron chi connectivity index (χ4n) is 3.44. The molecule has 1 unspecified atom stereocenters. The van der Waals surface area contributed by atoms with Gasteiger partial charge in [0.05, 0.1) is 17.5 Å². The molecule has 0 saturated carbocycles. The molecule has 1 aliphatic rings. The van der Waals surface area contributed by atoms with E-state index in [1.807, 2.05) is 18.4 Å². The van der Waals surface area contributed by atoms with Crippen LogP contribution in [0, 0.1) is 6.92 Å². The Labute approximate surface area is 180 Å². The first-order valence-corrected chi connectivity index (χ1v) is 12.2. The number of nitrogens with zero attached hydrogens (tertiary/aromatic N) is 1. The van der Waals surface area contributed by atoms with E-state index in [0.29, 0.717) is 19.7 Å². The van der Waals surface area contributed by atoms with Crippen LogP contribution in [-0.2, 0) is 21.1 Å². The lowest BCUT2D eigenvalue weighted by Crippen LogP contribution is -2.36. The number of hydrogen-bond acceptors (Lipinski definition) is 6. The standard InChI is InChI=1S/C22H23NO5S2/c1-16-11-13-29-20(16)15-23(14-17-6-5-12-27-17)22(24)19-9-10-21(28-19)30(25,26)18-7-3-2-4-8-18/h2-4,7-11,13,17H,5-6,12,14-15H2,1H3. The van der Waals surface area contributed by atoms with E-state index < -0.39 is 9.84 Å². The van der Waals surface area contributed by atoms with Gasteiger partial charge in [0.25, 0.3) is 5.91 Å². The van der Waals surface area contributed by atoms with Crippen LogP contribution in [0.2, 0.25) is 0 Å². The van der Waals surface area contributed by atoms with E-state index in [1.54, 1.807) is 34.4 Å². The number of benzene rings is 1. The first-order chi connectivity index (χ1) is 14.4. The fraction of sp³-hybridized carbons (Fsp3) is 0.318. The molecule has 30 heavy (non-hydrogen) atoms. The molecule has 1 aromatic carbocycles. The third-order valence-electron chi connectivity index (χ3n) is 5.15. The van der Waals surface area contributed by atoms with Crippen LogP contribution in [0.15, 0.2) is 68.3 Å². The molecular weight excluding hydrogens is 422 g/mol. The van der Waals surface area contributed by atoms with Crippen LogP contribution in [0.3, 0.4) is 0 Å². The number of carbonyl (C=O) groups excluding carboxylic acids is 1. The van der Waals surface area contributed by atoms with Gasteiger partial charge in [-0.1, -0.05) is 18.2 Å². The molecule has 0 N–H and O–H groups in total. The van der Waals surface area contributed by atoms with E-state index >= 15 is 0 Å². The zero-order valence-electron chi connectivity index (χ0n) is 16.6. The molecule has 1 amide bonds. The summed E-state index contributed by atoms with van der Waals surface area (Å²) in [4.78, 5) is 16.1. The first kappa shape index (κ1) is 20.8. The Bertz CT molecular complexity index is 1110. The summed E-state index contributed by atoms with van der Waals surface area (Å²) in [6, 6.07) is 12.8. The SMILES string of the molecule is Cc1ccsc1CN(CC1CCCO1)C(=O)c1ccc(S(=O)(=O)c2ccccc2)o1. The molecule has 4 rings (SSSR count). The van der Waals surface area contributed by atoms with Gasteiger partial charge in [0.2, 0.25) is 14.9 Å². The molecule has 6 nitrogen and oxygen atoms in total. The lowest BCUT2D eigenvalue weighted by atomic mass is 10.2. The number of amides is 1. The molecule has 3 heterocycles. The topological polar surface area (TPSA) is 76.8 Å². The van der Waals surface area contributed by atoms with E-state index in [4.69, 9.17) is 9.15 Å². The maximum Gasteiger partial charge on any atom is 0.290 e. The molecule has 0 radical (unpaired) electrons. The van der Waals surface area contributed by atoms with Crippen molar-refractivity contribution in [1.82, 2.24) is 4.90 Å². The third-order valence-corrected chi connectivity index (χ3v) is 7.80. The summed E-state index contributed by atoms with van der Waals surface area (Å²) in [5.41, 5.74) is 1.12. The first-order valence-electron chi connectivity index (χ1n) is 9.79. The number of ether oxygens (including phenoxy) is 1. The van der Waals surface area contributed by atoms with Crippen molar-refractivity contribution in [2.45, 2.75) is 42.4 Å². The molecule has 0 aliphatic carbocycles. The summed E-state index contributed by atoms with van der Waals surface area (Å²) in [6.07, 6.45) is 1.86. The highest BCUT2D eigenvalue weighted by molar-refractivity contribution is 7.91. The van der Waals surface area contributed by atoms with Gasteiger partial charge in [-0.15, -0.1) is 11.3 Å². The molecule has 1 saturated heterocycles. The summed E-state index contributed by atoms with van der Waals surface area (Å²) in [5.74, 6) is -0.329. The van der Waals surface area contributed by atoms with Gasteiger partial charge in [-0.25, -0.2) is 8.42 Å². The molecular formula is C22H23NO5S2. The van der Waals surface area contributed by atoms with Crippen molar-refractivity contribution in [2.75, 3.05) is 13.2 Å². The van der Waals surface area contributed by atoms with Gasteiger partial charge in [-0.3, -0.25) is 4.79 Å². The van der Waals surface area contributed by atoms with Crippen LogP contribution >= 0.6 is 11.3 Å². The molecule has 1 atom stereocenters. The van der Waals surface area contributed by atoms with E-state index in [9.17, 15) is 13.2 Å². The maximum absolute atomic E-state index is 13.2. The number of furan rings is 1. The quantitative estimate of drug-likeness (QED) is 0.542. The van der Waals surface area contributed by atoms with Crippen LogP contribution in [0.4, 0.5) is 0 Å². The summed E-state index contributed by atoms with van der Waals surface area (Å²) >= 11 is 1.59. The van der Waals surface area contributed by atoms with Crippen LogP contribution < -0.4 is 0 Å². The summed E-state index contributed by atoms with van der Waals surface area (Å²) < 4.78 is 36.8. The van der Waals surface area contributed by atoms with Gasteiger partial charge in [0.15, 0.2) is 5.76 Å². The molecule has 0 spiro atoms. The lowest BCUT2D eigenvalue weighted by molar-refractivity contribution is 0.0482. The summed E-state index contributed by atoms with van der Waals surface area (Å²) in [7, 11) is -3.82. The van der Waals surface area contributed by atoms with Crippen molar-refractivity contribution >= 4 is 27.1 Å². The second-order valence-electron chi connectivity index (χ2n) is 7.28. The molecule has 0 bridgehead atoms. The van der Waals surface area contributed by atoms with Gasteiger partial charge in [0.1, 0.15) is 0 Å². The van der Waals surface area contributed by atoms with Crippen LogP contribution in [0.25, 0.3) is 0 Å². The highest BCUT2D eigenvalue weighted by Gasteiger charge is 2.28. The highest BCUT2D eigenvalue weighted by atomic mass is 32.2. The number of hydrogen-bond donors (Lipinski definition) is 0.